The molecule has 4 unspecified atom stereocenters. The number of thiol groups is 1. The van der Waals surface area contributed by atoms with Crippen molar-refractivity contribution in [2.75, 3.05) is 18.9 Å². The van der Waals surface area contributed by atoms with Crippen molar-refractivity contribution < 1.29 is 29.4 Å². The number of aliphatic imine (C=N–C) groups is 1. The lowest BCUT2D eigenvalue weighted by atomic mass is 10.0. The van der Waals surface area contributed by atoms with Gasteiger partial charge in [-0.3, -0.25) is 19.4 Å². The summed E-state index contributed by atoms with van der Waals surface area (Å²) in [5.74, 6) is -3.88. The van der Waals surface area contributed by atoms with E-state index in [0.717, 1.165) is 10.9 Å². The normalized spacial score (nSPS) is 14.1. The lowest BCUT2D eigenvalue weighted by Crippen LogP contribution is -2.58. The number of aromatic amines is 1. The number of carbonyl (C=O) groups excluding carboxylic acids is 3. The second-order valence-electron chi connectivity index (χ2n) is 8.51. The van der Waals surface area contributed by atoms with Crippen molar-refractivity contribution >= 4 is 53.2 Å². The van der Waals surface area contributed by atoms with E-state index in [2.05, 4.69) is 38.6 Å². The number of carbonyl (C=O) groups is 4. The molecular formula is C23H34N8O6S. The largest absolute Gasteiger partial charge is 0.480 e. The van der Waals surface area contributed by atoms with Gasteiger partial charge < -0.3 is 48.3 Å². The molecule has 0 saturated heterocycles. The van der Waals surface area contributed by atoms with Crippen LogP contribution >= 0.6 is 12.6 Å². The second-order valence-corrected chi connectivity index (χ2v) is 8.87. The third kappa shape index (κ3) is 8.93. The van der Waals surface area contributed by atoms with Gasteiger partial charge >= 0.3 is 5.97 Å². The Morgan fingerprint density at radius 2 is 1.63 bits per heavy atom. The van der Waals surface area contributed by atoms with Crippen LogP contribution < -0.4 is 33.2 Å². The first-order valence-corrected chi connectivity index (χ1v) is 12.4. The van der Waals surface area contributed by atoms with Gasteiger partial charge in [0.15, 0.2) is 5.96 Å². The van der Waals surface area contributed by atoms with Crippen LogP contribution in [0.15, 0.2) is 35.5 Å². The highest BCUT2D eigenvalue weighted by atomic mass is 32.1. The highest BCUT2D eigenvalue weighted by Gasteiger charge is 2.30. The number of nitrogens with one attached hydrogen (secondary N) is 4. The van der Waals surface area contributed by atoms with Crippen LogP contribution in [0.2, 0.25) is 0 Å². The van der Waals surface area contributed by atoms with Crippen LogP contribution in [0, 0.1) is 0 Å². The highest BCUT2D eigenvalue weighted by Crippen LogP contribution is 2.19. The van der Waals surface area contributed by atoms with E-state index in [1.165, 1.54) is 0 Å². The number of H-pyrrole nitrogens is 1. The predicted molar refractivity (Wildman–Crippen MR) is 144 cm³/mol. The molecule has 0 spiro atoms. The Balaban J connectivity index is 2.14. The Labute approximate surface area is 224 Å². The third-order valence-corrected chi connectivity index (χ3v) is 6.01. The minimum absolute atomic E-state index is 0.00308. The van der Waals surface area contributed by atoms with Gasteiger partial charge in [-0.2, -0.15) is 12.6 Å². The van der Waals surface area contributed by atoms with Crippen LogP contribution in [0.1, 0.15) is 18.4 Å². The number of nitrogens with zero attached hydrogens (tertiary/aromatic N) is 1. The molecule has 2 rings (SSSR count). The van der Waals surface area contributed by atoms with Gasteiger partial charge in [-0.15, -0.1) is 0 Å². The first-order chi connectivity index (χ1) is 18.1. The molecule has 4 atom stereocenters. The molecule has 1 aromatic carbocycles. The van der Waals surface area contributed by atoms with E-state index in [4.69, 9.17) is 17.2 Å². The zero-order valence-corrected chi connectivity index (χ0v) is 21.5. The maximum Gasteiger partial charge on any atom is 0.327 e. The van der Waals surface area contributed by atoms with Crippen molar-refractivity contribution in [3.8, 4) is 0 Å². The van der Waals surface area contributed by atoms with Gasteiger partial charge in [-0.25, -0.2) is 4.79 Å². The van der Waals surface area contributed by atoms with Crippen LogP contribution in [0.5, 0.6) is 0 Å². The average Bonchev–Trinajstić information content (AvgIpc) is 3.29. The predicted octanol–water partition coefficient (Wildman–Crippen LogP) is -2.45. The Hall–Kier alpha value is -3.82. The molecule has 0 aliphatic rings. The Kier molecular flexibility index (Phi) is 11.8. The minimum Gasteiger partial charge on any atom is -0.480 e. The molecule has 0 aliphatic carbocycles. The fourth-order valence-corrected chi connectivity index (χ4v) is 3.83. The molecule has 12 N–H and O–H groups in total. The summed E-state index contributed by atoms with van der Waals surface area (Å²) >= 11 is 3.95. The summed E-state index contributed by atoms with van der Waals surface area (Å²) in [6.45, 7) is -0.504. The number of benzene rings is 1. The molecular weight excluding hydrogens is 516 g/mol. The fourth-order valence-electron chi connectivity index (χ4n) is 3.58. The van der Waals surface area contributed by atoms with Crippen LogP contribution in [0.3, 0.4) is 0 Å². The van der Waals surface area contributed by atoms with E-state index in [0.29, 0.717) is 12.0 Å². The number of carboxylic acids is 1. The Morgan fingerprint density at radius 1 is 1.00 bits per heavy atom. The number of hydrogen-bond acceptors (Lipinski definition) is 8. The zero-order chi connectivity index (χ0) is 28.2. The molecule has 1 aromatic heterocycles. The number of rotatable bonds is 15. The summed E-state index contributed by atoms with van der Waals surface area (Å²) in [5, 5.41) is 27.1. The molecule has 1 heterocycles. The molecule has 0 radical (unpaired) electrons. The van der Waals surface area contributed by atoms with Gasteiger partial charge in [-0.05, 0) is 24.5 Å². The summed E-state index contributed by atoms with van der Waals surface area (Å²) in [7, 11) is 0. The van der Waals surface area contributed by atoms with E-state index in [1.54, 1.807) is 6.20 Å². The standard InChI is InChI=1S/C23H34N8O6S/c24-14(5-3-7-27-23(25)26)19(33)30-17(10-32)21(35)29-16(20(34)31-18(11-38)22(36)37)8-12-9-28-15-6-2-1-4-13(12)15/h1-2,4,6,9,14,16-18,28,32,38H,3,5,7-8,10-11,24H2,(H,29,35)(H,30,33)(H,31,34)(H,36,37)(H4,25,26,27). The number of amides is 3. The van der Waals surface area contributed by atoms with Crippen molar-refractivity contribution in [1.82, 2.24) is 20.9 Å². The number of aromatic nitrogens is 1. The fraction of sp³-hybridized carbons (Fsp3) is 0.435. The van der Waals surface area contributed by atoms with E-state index in [9.17, 15) is 29.4 Å². The lowest BCUT2D eigenvalue weighted by Gasteiger charge is -2.24. The number of aliphatic hydroxyl groups excluding tert-OH is 1. The van der Waals surface area contributed by atoms with Crippen LogP contribution in [0.25, 0.3) is 10.9 Å². The molecule has 208 valence electrons. The molecule has 38 heavy (non-hydrogen) atoms. The Morgan fingerprint density at radius 3 is 2.26 bits per heavy atom. The summed E-state index contributed by atoms with van der Waals surface area (Å²) in [5.41, 5.74) is 17.9. The molecule has 2 aromatic rings. The molecule has 15 heteroatoms. The van der Waals surface area contributed by atoms with Crippen LogP contribution in [-0.4, -0.2) is 87.9 Å². The molecule has 0 aliphatic heterocycles. The second kappa shape index (κ2) is 14.8. The smallest absolute Gasteiger partial charge is 0.327 e. The number of guanidine groups is 1. The van der Waals surface area contributed by atoms with Gasteiger partial charge in [-0.1, -0.05) is 18.2 Å². The number of para-hydroxylation sites is 1. The molecule has 0 saturated carbocycles. The summed E-state index contributed by atoms with van der Waals surface area (Å²) in [6, 6.07) is 2.38. The number of hydrogen-bond donors (Lipinski definition) is 10. The Bertz CT molecular complexity index is 1150. The first-order valence-electron chi connectivity index (χ1n) is 11.8. The van der Waals surface area contributed by atoms with E-state index >= 15 is 0 Å². The van der Waals surface area contributed by atoms with Gasteiger partial charge in [0, 0.05) is 35.8 Å². The average molecular weight is 551 g/mol. The summed E-state index contributed by atoms with van der Waals surface area (Å²) in [4.78, 5) is 56.7. The number of fused-ring (bicyclic) bond motifs is 1. The summed E-state index contributed by atoms with van der Waals surface area (Å²) < 4.78 is 0. The van der Waals surface area contributed by atoms with Crippen LogP contribution in [0.4, 0.5) is 0 Å². The number of aliphatic hydroxyl groups is 1. The van der Waals surface area contributed by atoms with Crippen molar-refractivity contribution in [2.24, 2.45) is 22.2 Å². The summed E-state index contributed by atoms with van der Waals surface area (Å²) in [6.07, 6.45) is 2.30. The van der Waals surface area contributed by atoms with Gasteiger partial charge in [0.2, 0.25) is 17.7 Å². The first kappa shape index (κ1) is 30.4. The number of carboxylic acid groups (broad SMARTS) is 1. The van der Waals surface area contributed by atoms with Gasteiger partial charge in [0.1, 0.15) is 18.1 Å². The van der Waals surface area contributed by atoms with Gasteiger partial charge in [0.05, 0.1) is 12.6 Å². The van der Waals surface area contributed by atoms with Crippen molar-refractivity contribution in [1.29, 1.82) is 0 Å². The quantitative estimate of drug-likeness (QED) is 0.0488. The molecule has 3 amide bonds. The number of nitrogens with two attached hydrogens (primary N) is 3. The SMILES string of the molecule is NC(N)=NCCCC(N)C(=O)NC(CO)C(=O)NC(Cc1c[nH]c2ccccc12)C(=O)NC(CS)C(=O)O. The topological polar surface area (TPSA) is 251 Å². The number of aliphatic carboxylic acids is 1. The lowest BCUT2D eigenvalue weighted by molar-refractivity contribution is -0.141. The van der Waals surface area contributed by atoms with Crippen molar-refractivity contribution in [3.05, 3.63) is 36.0 Å². The van der Waals surface area contributed by atoms with Crippen molar-refractivity contribution in [3.63, 3.8) is 0 Å². The monoisotopic (exact) mass is 550 g/mol. The van der Waals surface area contributed by atoms with Crippen LogP contribution in [-0.2, 0) is 25.6 Å². The third-order valence-electron chi connectivity index (χ3n) is 5.65. The maximum atomic E-state index is 13.0. The van der Waals surface area contributed by atoms with E-state index < -0.39 is 54.5 Å². The van der Waals surface area contributed by atoms with Gasteiger partial charge in [0.25, 0.3) is 0 Å². The molecule has 14 nitrogen and oxygen atoms in total. The molecule has 0 fully saturated rings. The highest BCUT2D eigenvalue weighted by molar-refractivity contribution is 7.80. The zero-order valence-electron chi connectivity index (χ0n) is 20.6. The maximum absolute atomic E-state index is 13.0. The minimum atomic E-state index is -1.41. The van der Waals surface area contributed by atoms with E-state index in [1.807, 2.05) is 24.3 Å². The van der Waals surface area contributed by atoms with Crippen molar-refractivity contribution in [2.45, 2.75) is 43.4 Å². The van der Waals surface area contributed by atoms with E-state index in [-0.39, 0.29) is 31.1 Å². The molecule has 0 bridgehead atoms.